The molecular weight excluding hydrogens is 400 g/mol. The molecule has 6 nitrogen and oxygen atoms in total. The van der Waals surface area contributed by atoms with Crippen molar-refractivity contribution in [3.63, 3.8) is 0 Å². The summed E-state index contributed by atoms with van der Waals surface area (Å²) < 4.78 is 5.33. The zero-order chi connectivity index (χ0) is 21.7. The van der Waals surface area contributed by atoms with Crippen LogP contribution in [0.15, 0.2) is 47.2 Å². The molecule has 1 aliphatic heterocycles. The van der Waals surface area contributed by atoms with E-state index in [1.807, 2.05) is 23.6 Å². The number of hydrogen-bond acceptors (Lipinski definition) is 5. The fourth-order valence-corrected chi connectivity index (χ4v) is 4.37. The van der Waals surface area contributed by atoms with Gasteiger partial charge >= 0.3 is 0 Å². The van der Waals surface area contributed by atoms with Gasteiger partial charge in [0.1, 0.15) is 18.7 Å². The van der Waals surface area contributed by atoms with Gasteiger partial charge in [0.25, 0.3) is 5.91 Å². The molecular formula is C23H28N2O4S. The van der Waals surface area contributed by atoms with Gasteiger partial charge in [0.15, 0.2) is 5.78 Å². The average molecular weight is 429 g/mol. The molecule has 1 aromatic carbocycles. The van der Waals surface area contributed by atoms with Crippen LogP contribution >= 0.6 is 11.3 Å². The highest BCUT2D eigenvalue weighted by Crippen LogP contribution is 2.28. The lowest BCUT2D eigenvalue weighted by Crippen LogP contribution is -2.54. The number of benzene rings is 1. The number of Topliss-reactive ketones (excluding diaryl/α,β-unsaturated/α-hetero) is 1. The average Bonchev–Trinajstić information content (AvgIpc) is 3.34. The molecule has 160 valence electrons. The van der Waals surface area contributed by atoms with Crippen molar-refractivity contribution in [1.82, 2.24) is 10.6 Å². The molecule has 0 unspecified atom stereocenters. The maximum atomic E-state index is 13.1. The maximum absolute atomic E-state index is 13.1. The monoisotopic (exact) mass is 428 g/mol. The van der Waals surface area contributed by atoms with E-state index in [4.69, 9.17) is 4.74 Å². The zero-order valence-corrected chi connectivity index (χ0v) is 18.3. The first-order valence-electron chi connectivity index (χ1n) is 10.1. The summed E-state index contributed by atoms with van der Waals surface area (Å²) in [6.07, 6.45) is 0.806. The van der Waals surface area contributed by atoms with Gasteiger partial charge in [0.05, 0.1) is 11.7 Å². The van der Waals surface area contributed by atoms with E-state index in [-0.39, 0.29) is 35.7 Å². The van der Waals surface area contributed by atoms with Gasteiger partial charge in [-0.15, -0.1) is 0 Å². The van der Waals surface area contributed by atoms with Crippen molar-refractivity contribution < 1.29 is 19.1 Å². The molecule has 0 radical (unpaired) electrons. The van der Waals surface area contributed by atoms with Crippen molar-refractivity contribution in [2.24, 2.45) is 5.41 Å². The first-order valence-corrected chi connectivity index (χ1v) is 11.0. The van der Waals surface area contributed by atoms with Crippen LogP contribution in [0.1, 0.15) is 43.1 Å². The molecule has 1 aromatic heterocycles. The van der Waals surface area contributed by atoms with Crippen LogP contribution in [0.25, 0.3) is 0 Å². The summed E-state index contributed by atoms with van der Waals surface area (Å²) in [5, 5.41) is 9.22. The summed E-state index contributed by atoms with van der Waals surface area (Å²) in [5.41, 5.74) is 1.43. The van der Waals surface area contributed by atoms with E-state index < -0.39 is 12.1 Å². The number of ketones is 1. The second kappa shape index (κ2) is 9.53. The normalized spacial score (nSPS) is 20.0. The maximum Gasteiger partial charge on any atom is 0.252 e. The van der Waals surface area contributed by atoms with Gasteiger partial charge in [0.2, 0.25) is 5.91 Å². The Morgan fingerprint density at radius 3 is 2.57 bits per heavy atom. The van der Waals surface area contributed by atoms with Crippen molar-refractivity contribution in [2.75, 3.05) is 6.61 Å². The molecule has 1 aliphatic rings. The molecule has 3 atom stereocenters. The predicted octanol–water partition coefficient (Wildman–Crippen LogP) is 2.98. The van der Waals surface area contributed by atoms with Gasteiger partial charge in [-0.2, -0.15) is 11.3 Å². The Balaban J connectivity index is 1.74. The van der Waals surface area contributed by atoms with Crippen LogP contribution in [0.4, 0.5) is 0 Å². The number of rotatable bonds is 8. The Kier molecular flexibility index (Phi) is 7.05. The molecule has 2 N–H and O–H groups in total. The molecule has 2 heterocycles. The smallest absolute Gasteiger partial charge is 0.252 e. The fraction of sp³-hybridized carbons (Fsp3) is 0.435. The van der Waals surface area contributed by atoms with E-state index in [2.05, 4.69) is 36.6 Å². The van der Waals surface area contributed by atoms with Crippen LogP contribution in [0.2, 0.25) is 0 Å². The number of amides is 2. The highest BCUT2D eigenvalue weighted by atomic mass is 32.1. The Morgan fingerprint density at radius 2 is 1.97 bits per heavy atom. The Hall–Kier alpha value is -2.51. The Labute approximate surface area is 181 Å². The minimum absolute atomic E-state index is 0.00244. The van der Waals surface area contributed by atoms with Crippen molar-refractivity contribution >= 4 is 28.9 Å². The van der Waals surface area contributed by atoms with Gasteiger partial charge in [0, 0.05) is 5.38 Å². The van der Waals surface area contributed by atoms with Gasteiger partial charge in [-0.05, 0) is 42.2 Å². The van der Waals surface area contributed by atoms with E-state index >= 15 is 0 Å². The molecule has 2 amide bonds. The van der Waals surface area contributed by atoms with E-state index in [0.29, 0.717) is 12.0 Å². The van der Waals surface area contributed by atoms with Crippen LogP contribution in [-0.4, -0.2) is 42.4 Å². The summed E-state index contributed by atoms with van der Waals surface area (Å²) in [7, 11) is 0. The number of thiophene rings is 1. The lowest BCUT2D eigenvalue weighted by molar-refractivity contribution is -0.128. The number of hydrogen-bond donors (Lipinski definition) is 2. The predicted molar refractivity (Wildman–Crippen MR) is 116 cm³/mol. The number of nitrogens with one attached hydrogen (secondary N) is 2. The summed E-state index contributed by atoms with van der Waals surface area (Å²) >= 11 is 1.42. The third-order valence-corrected chi connectivity index (χ3v) is 5.97. The van der Waals surface area contributed by atoms with Crippen LogP contribution in [0, 0.1) is 5.41 Å². The molecule has 1 fully saturated rings. The van der Waals surface area contributed by atoms with Crippen molar-refractivity contribution in [2.45, 2.75) is 51.8 Å². The number of ether oxygens (including phenoxy) is 1. The lowest BCUT2D eigenvalue weighted by atomic mass is 9.79. The van der Waals surface area contributed by atoms with E-state index in [1.54, 1.807) is 18.4 Å². The molecule has 0 saturated carbocycles. The van der Waals surface area contributed by atoms with Crippen molar-refractivity contribution in [3.05, 3.63) is 58.3 Å². The third kappa shape index (κ3) is 5.77. The standard InChI is InChI=1S/C23H28N2O4S/c1-15-20(19(26)13-29-15)25-22(28)18(24-21(27)17-9-10-30-14-17)12-23(2,3)11-16-7-5-4-6-8-16/h4-10,14-15,18,20H,11-13H2,1-3H3,(H,24,27)(H,25,28)/t15-,18-,20-/m0/s1. The summed E-state index contributed by atoms with van der Waals surface area (Å²) in [6, 6.07) is 10.3. The largest absolute Gasteiger partial charge is 0.368 e. The van der Waals surface area contributed by atoms with Gasteiger partial charge < -0.3 is 15.4 Å². The zero-order valence-electron chi connectivity index (χ0n) is 17.5. The SMILES string of the molecule is C[C@@H]1OCC(=O)[C@H]1NC(=O)[C@H](CC(C)(C)Cc1ccccc1)NC(=O)c1ccsc1. The fourth-order valence-electron chi connectivity index (χ4n) is 3.73. The molecule has 0 bridgehead atoms. The molecule has 1 saturated heterocycles. The first-order chi connectivity index (χ1) is 14.2. The van der Waals surface area contributed by atoms with Gasteiger partial charge in [-0.1, -0.05) is 44.2 Å². The Morgan fingerprint density at radius 1 is 1.23 bits per heavy atom. The van der Waals surface area contributed by atoms with Crippen LogP contribution in [-0.2, 0) is 20.7 Å². The highest BCUT2D eigenvalue weighted by Gasteiger charge is 2.37. The molecule has 2 aromatic rings. The number of carbonyl (C=O) groups is 3. The number of carbonyl (C=O) groups excluding carboxylic acids is 3. The molecule has 3 rings (SSSR count). The molecule has 30 heavy (non-hydrogen) atoms. The highest BCUT2D eigenvalue weighted by molar-refractivity contribution is 7.08. The van der Waals surface area contributed by atoms with Crippen molar-refractivity contribution in [3.8, 4) is 0 Å². The first kappa shape index (κ1) is 22.2. The Bertz CT molecular complexity index is 880. The second-order valence-corrected chi connectivity index (χ2v) is 9.32. The summed E-state index contributed by atoms with van der Waals surface area (Å²) in [4.78, 5) is 37.8. The second-order valence-electron chi connectivity index (χ2n) is 8.54. The minimum Gasteiger partial charge on any atom is -0.368 e. The van der Waals surface area contributed by atoms with Crippen molar-refractivity contribution in [1.29, 1.82) is 0 Å². The van der Waals surface area contributed by atoms with E-state index in [9.17, 15) is 14.4 Å². The van der Waals surface area contributed by atoms with Crippen LogP contribution in [0.3, 0.4) is 0 Å². The van der Waals surface area contributed by atoms with Gasteiger partial charge in [-0.25, -0.2) is 0 Å². The van der Waals surface area contributed by atoms with E-state index in [1.165, 1.54) is 16.9 Å². The molecule has 0 spiro atoms. The van der Waals surface area contributed by atoms with E-state index in [0.717, 1.165) is 6.42 Å². The third-order valence-electron chi connectivity index (χ3n) is 5.29. The minimum atomic E-state index is -0.767. The van der Waals surface area contributed by atoms with Crippen LogP contribution < -0.4 is 10.6 Å². The lowest BCUT2D eigenvalue weighted by Gasteiger charge is -2.30. The quantitative estimate of drug-likeness (QED) is 0.677. The summed E-state index contributed by atoms with van der Waals surface area (Å²) in [5.74, 6) is -0.813. The topological polar surface area (TPSA) is 84.5 Å². The molecule has 0 aliphatic carbocycles. The summed E-state index contributed by atoms with van der Waals surface area (Å²) in [6.45, 7) is 5.90. The van der Waals surface area contributed by atoms with Gasteiger partial charge in [-0.3, -0.25) is 14.4 Å². The molecule has 7 heteroatoms. The van der Waals surface area contributed by atoms with Crippen LogP contribution in [0.5, 0.6) is 0 Å².